The molecule has 3 aromatic rings. The Bertz CT molecular complexity index is 882. The van der Waals surface area contributed by atoms with Gasteiger partial charge < -0.3 is 0 Å². The van der Waals surface area contributed by atoms with Crippen LogP contribution in [0.2, 0.25) is 10.0 Å². The molecule has 0 saturated heterocycles. The van der Waals surface area contributed by atoms with Crippen LogP contribution in [-0.4, -0.2) is 4.98 Å². The highest BCUT2D eigenvalue weighted by Crippen LogP contribution is 2.42. The minimum Gasteiger partial charge on any atom is -0.236 e. The highest BCUT2D eigenvalue weighted by Gasteiger charge is 2.32. The molecule has 0 aliphatic heterocycles. The molecule has 0 spiro atoms. The van der Waals surface area contributed by atoms with Crippen molar-refractivity contribution in [1.82, 2.24) is 4.98 Å². The van der Waals surface area contributed by atoms with E-state index in [1.54, 1.807) is 17.5 Å². The van der Waals surface area contributed by atoms with E-state index in [0.29, 0.717) is 16.3 Å². The van der Waals surface area contributed by atoms with Crippen LogP contribution >= 0.6 is 34.5 Å². The zero-order valence-electron chi connectivity index (χ0n) is 11.7. The average molecular weight is 392 g/mol. The third-order valence-electron chi connectivity index (χ3n) is 3.21. The van der Waals surface area contributed by atoms with Gasteiger partial charge in [-0.3, -0.25) is 0 Å². The van der Waals surface area contributed by atoms with Crippen molar-refractivity contribution in [3.63, 3.8) is 0 Å². The minimum atomic E-state index is -4.54. The van der Waals surface area contributed by atoms with Gasteiger partial charge in [0.1, 0.15) is 10.8 Å². The normalized spacial score (nSPS) is 11.8. The summed E-state index contributed by atoms with van der Waals surface area (Å²) in [5.74, 6) is -0.410. The Hall–Kier alpha value is -1.63. The standard InChI is InChI=1S/C16H7Cl2F4NS/c17-11-5-9(16(20,21)22)6-12(18)14(11)15-23-13(7-24-15)8-2-1-3-10(19)4-8/h1-7H. The summed E-state index contributed by atoms with van der Waals surface area (Å²) in [6.45, 7) is 0. The van der Waals surface area contributed by atoms with Crippen LogP contribution in [0.4, 0.5) is 17.6 Å². The Labute approximate surface area is 148 Å². The van der Waals surface area contributed by atoms with Crippen molar-refractivity contribution in [2.45, 2.75) is 6.18 Å². The molecule has 0 atom stereocenters. The van der Waals surface area contributed by atoms with Gasteiger partial charge in [-0.25, -0.2) is 9.37 Å². The first-order valence-electron chi connectivity index (χ1n) is 6.54. The fourth-order valence-corrected chi connectivity index (χ4v) is 3.79. The molecule has 0 aliphatic carbocycles. The van der Waals surface area contributed by atoms with E-state index in [2.05, 4.69) is 4.98 Å². The minimum absolute atomic E-state index is 0.144. The monoisotopic (exact) mass is 391 g/mol. The Balaban J connectivity index is 2.05. The third kappa shape index (κ3) is 3.41. The van der Waals surface area contributed by atoms with Crippen molar-refractivity contribution < 1.29 is 17.6 Å². The molecule has 1 nitrogen and oxygen atoms in total. The molecule has 0 radical (unpaired) electrons. The summed E-state index contributed by atoms with van der Waals surface area (Å²) in [5.41, 5.74) is 0.334. The summed E-state index contributed by atoms with van der Waals surface area (Å²) >= 11 is 13.1. The van der Waals surface area contributed by atoms with E-state index in [1.165, 1.54) is 12.1 Å². The fourth-order valence-electron chi connectivity index (χ4n) is 2.11. The number of hydrogen-bond donors (Lipinski definition) is 0. The Morgan fingerprint density at radius 3 is 2.25 bits per heavy atom. The smallest absolute Gasteiger partial charge is 0.236 e. The van der Waals surface area contributed by atoms with Crippen LogP contribution in [0.5, 0.6) is 0 Å². The molecule has 0 amide bonds. The van der Waals surface area contributed by atoms with Gasteiger partial charge in [0.15, 0.2) is 0 Å². The average Bonchev–Trinajstić information content (AvgIpc) is 2.95. The number of nitrogens with zero attached hydrogens (tertiary/aromatic N) is 1. The molecular formula is C16H7Cl2F4NS. The molecule has 24 heavy (non-hydrogen) atoms. The first-order chi connectivity index (χ1) is 11.3. The lowest BCUT2D eigenvalue weighted by Crippen LogP contribution is -2.05. The van der Waals surface area contributed by atoms with E-state index in [0.717, 1.165) is 23.5 Å². The van der Waals surface area contributed by atoms with Crippen LogP contribution in [0.3, 0.4) is 0 Å². The van der Waals surface area contributed by atoms with Gasteiger partial charge in [0.05, 0.1) is 21.3 Å². The molecule has 0 aliphatic rings. The van der Waals surface area contributed by atoms with Crippen molar-refractivity contribution in [3.05, 3.63) is 63.2 Å². The SMILES string of the molecule is Fc1cccc(-c2csc(-c3c(Cl)cc(C(F)(F)F)cc3Cl)n2)c1. The van der Waals surface area contributed by atoms with Crippen molar-refractivity contribution in [1.29, 1.82) is 0 Å². The predicted molar refractivity (Wildman–Crippen MR) is 88.0 cm³/mol. The van der Waals surface area contributed by atoms with Crippen LogP contribution in [0.1, 0.15) is 5.56 Å². The first kappa shape index (κ1) is 17.2. The maximum Gasteiger partial charge on any atom is 0.416 e. The largest absolute Gasteiger partial charge is 0.416 e. The molecule has 2 aromatic carbocycles. The van der Waals surface area contributed by atoms with Crippen LogP contribution in [0.25, 0.3) is 21.8 Å². The van der Waals surface area contributed by atoms with Crippen LogP contribution in [0, 0.1) is 5.82 Å². The number of aromatic nitrogens is 1. The lowest BCUT2D eigenvalue weighted by molar-refractivity contribution is -0.137. The van der Waals surface area contributed by atoms with Crippen molar-refractivity contribution in [2.24, 2.45) is 0 Å². The molecule has 0 unspecified atom stereocenters. The van der Waals surface area contributed by atoms with Crippen LogP contribution in [-0.2, 0) is 6.18 Å². The van der Waals surface area contributed by atoms with E-state index in [4.69, 9.17) is 23.2 Å². The van der Waals surface area contributed by atoms with Gasteiger partial charge in [-0.05, 0) is 24.3 Å². The highest BCUT2D eigenvalue weighted by molar-refractivity contribution is 7.13. The summed E-state index contributed by atoms with van der Waals surface area (Å²) in [5, 5.41) is 1.73. The van der Waals surface area contributed by atoms with E-state index in [9.17, 15) is 17.6 Å². The maximum atomic E-state index is 13.3. The lowest BCUT2D eigenvalue weighted by Gasteiger charge is -2.10. The van der Waals surface area contributed by atoms with E-state index in [1.807, 2.05) is 0 Å². The van der Waals surface area contributed by atoms with Gasteiger partial charge in [-0.1, -0.05) is 35.3 Å². The zero-order valence-corrected chi connectivity index (χ0v) is 14.0. The molecule has 3 rings (SSSR count). The molecular weight excluding hydrogens is 385 g/mol. The molecule has 0 bridgehead atoms. The molecule has 1 aromatic heterocycles. The number of thiazole rings is 1. The highest BCUT2D eigenvalue weighted by atomic mass is 35.5. The summed E-state index contributed by atoms with van der Waals surface area (Å²) in [4.78, 5) is 4.31. The fraction of sp³-hybridized carbons (Fsp3) is 0.0625. The summed E-state index contributed by atoms with van der Waals surface area (Å²) in [6.07, 6.45) is -4.54. The third-order valence-corrected chi connectivity index (χ3v) is 4.66. The molecule has 0 N–H and O–H groups in total. The van der Waals surface area contributed by atoms with E-state index >= 15 is 0 Å². The summed E-state index contributed by atoms with van der Waals surface area (Å²) < 4.78 is 51.6. The topological polar surface area (TPSA) is 12.9 Å². The molecule has 0 saturated carbocycles. The second-order valence-electron chi connectivity index (χ2n) is 4.86. The molecule has 124 valence electrons. The van der Waals surface area contributed by atoms with Crippen LogP contribution < -0.4 is 0 Å². The predicted octanol–water partition coefficient (Wildman–Crippen LogP) is 6.94. The second-order valence-corrected chi connectivity index (χ2v) is 6.53. The lowest BCUT2D eigenvalue weighted by atomic mass is 10.1. The van der Waals surface area contributed by atoms with E-state index < -0.39 is 17.6 Å². The second kappa shape index (κ2) is 6.35. The Kier molecular flexibility index (Phi) is 4.55. The number of rotatable bonds is 2. The Morgan fingerprint density at radius 2 is 1.67 bits per heavy atom. The van der Waals surface area contributed by atoms with Crippen molar-refractivity contribution >= 4 is 34.5 Å². The van der Waals surface area contributed by atoms with E-state index in [-0.39, 0.29) is 15.6 Å². The number of hydrogen-bond acceptors (Lipinski definition) is 2. The quantitative estimate of drug-likeness (QED) is 0.431. The van der Waals surface area contributed by atoms with Gasteiger partial charge in [-0.2, -0.15) is 13.2 Å². The van der Waals surface area contributed by atoms with Crippen molar-refractivity contribution in [2.75, 3.05) is 0 Å². The molecule has 0 fully saturated rings. The van der Waals surface area contributed by atoms with Gasteiger partial charge >= 0.3 is 6.18 Å². The number of alkyl halides is 3. The zero-order chi connectivity index (χ0) is 17.5. The molecule has 1 heterocycles. The van der Waals surface area contributed by atoms with Crippen LogP contribution in [0.15, 0.2) is 41.8 Å². The number of halogens is 6. The first-order valence-corrected chi connectivity index (χ1v) is 8.17. The Morgan fingerprint density at radius 1 is 1.00 bits per heavy atom. The summed E-state index contributed by atoms with van der Waals surface area (Å²) in [6, 6.07) is 7.47. The van der Waals surface area contributed by atoms with Gasteiger partial charge in [0.25, 0.3) is 0 Å². The summed E-state index contributed by atoms with van der Waals surface area (Å²) in [7, 11) is 0. The van der Waals surface area contributed by atoms with Crippen molar-refractivity contribution in [3.8, 4) is 21.8 Å². The van der Waals surface area contributed by atoms with Gasteiger partial charge in [0.2, 0.25) is 0 Å². The van der Waals surface area contributed by atoms with Gasteiger partial charge in [-0.15, -0.1) is 11.3 Å². The molecule has 8 heteroatoms. The van der Waals surface area contributed by atoms with Gasteiger partial charge in [0, 0.05) is 16.5 Å². The maximum absolute atomic E-state index is 13.3. The number of benzene rings is 2.